The molecule has 3 rings (SSSR count). The van der Waals surface area contributed by atoms with E-state index in [0.717, 1.165) is 11.4 Å². The third kappa shape index (κ3) is 2.85. The molecule has 0 saturated carbocycles. The van der Waals surface area contributed by atoms with Crippen LogP contribution in [-0.2, 0) is 13.6 Å². The lowest BCUT2D eigenvalue weighted by molar-refractivity contribution is 0.0944. The van der Waals surface area contributed by atoms with E-state index in [0.29, 0.717) is 11.4 Å². The minimum Gasteiger partial charge on any atom is -0.345 e. The van der Waals surface area contributed by atoms with Gasteiger partial charge in [-0.05, 0) is 25.1 Å². The first-order valence-corrected chi connectivity index (χ1v) is 6.74. The summed E-state index contributed by atoms with van der Waals surface area (Å²) in [6.07, 6.45) is 5.13. The molecule has 3 heterocycles. The van der Waals surface area contributed by atoms with Crippen molar-refractivity contribution in [3.63, 3.8) is 0 Å². The van der Waals surface area contributed by atoms with Crippen molar-refractivity contribution < 1.29 is 4.79 Å². The maximum Gasteiger partial charge on any atom is 0.272 e. The fraction of sp³-hybridized carbons (Fsp3) is 0.214. The average molecular weight is 297 g/mol. The third-order valence-corrected chi connectivity index (χ3v) is 3.23. The molecule has 0 aliphatic heterocycles. The molecule has 1 amide bonds. The van der Waals surface area contributed by atoms with Crippen molar-refractivity contribution >= 4 is 5.91 Å². The molecule has 0 spiro atoms. The zero-order valence-electron chi connectivity index (χ0n) is 12.3. The van der Waals surface area contributed by atoms with E-state index in [1.807, 2.05) is 19.1 Å². The van der Waals surface area contributed by atoms with Crippen molar-refractivity contribution in [2.24, 2.45) is 7.05 Å². The van der Waals surface area contributed by atoms with Crippen LogP contribution in [0.15, 0.2) is 36.8 Å². The van der Waals surface area contributed by atoms with Crippen molar-refractivity contribution in [2.45, 2.75) is 13.5 Å². The van der Waals surface area contributed by atoms with Crippen LogP contribution in [0, 0.1) is 6.92 Å². The number of aryl methyl sites for hydroxylation is 2. The average Bonchev–Trinajstić information content (AvgIpc) is 3.13. The molecule has 0 aliphatic rings. The fourth-order valence-electron chi connectivity index (χ4n) is 1.93. The Kier molecular flexibility index (Phi) is 3.65. The quantitative estimate of drug-likeness (QED) is 0.763. The van der Waals surface area contributed by atoms with Gasteiger partial charge >= 0.3 is 0 Å². The summed E-state index contributed by atoms with van der Waals surface area (Å²) in [5.41, 5.74) is 2.78. The topological polar surface area (TPSA) is 90.5 Å². The monoisotopic (exact) mass is 297 g/mol. The van der Waals surface area contributed by atoms with Gasteiger partial charge in [0.15, 0.2) is 0 Å². The van der Waals surface area contributed by atoms with Gasteiger partial charge in [0.1, 0.15) is 11.4 Å². The molecule has 8 nitrogen and oxygen atoms in total. The Morgan fingerprint density at radius 2 is 2.27 bits per heavy atom. The Morgan fingerprint density at radius 1 is 1.41 bits per heavy atom. The van der Waals surface area contributed by atoms with E-state index in [4.69, 9.17) is 0 Å². The molecule has 0 aliphatic carbocycles. The van der Waals surface area contributed by atoms with Crippen LogP contribution >= 0.6 is 0 Å². The largest absolute Gasteiger partial charge is 0.345 e. The Balaban J connectivity index is 1.65. The molecular weight excluding hydrogens is 282 g/mol. The second kappa shape index (κ2) is 5.76. The molecule has 0 aromatic carbocycles. The SMILES string of the molecule is Cc1cc(C(=O)NCc2cn(-c3cccnc3)nn2)nn1C. The lowest BCUT2D eigenvalue weighted by Crippen LogP contribution is -2.23. The number of carbonyl (C=O) groups is 1. The summed E-state index contributed by atoms with van der Waals surface area (Å²) < 4.78 is 3.27. The number of hydrogen-bond acceptors (Lipinski definition) is 5. The Morgan fingerprint density at radius 3 is 2.95 bits per heavy atom. The predicted molar refractivity (Wildman–Crippen MR) is 78.3 cm³/mol. The third-order valence-electron chi connectivity index (χ3n) is 3.23. The van der Waals surface area contributed by atoms with Gasteiger partial charge in [0.05, 0.1) is 24.6 Å². The number of pyridine rings is 1. The number of nitrogens with zero attached hydrogens (tertiary/aromatic N) is 6. The minimum absolute atomic E-state index is 0.236. The highest BCUT2D eigenvalue weighted by Crippen LogP contribution is 2.05. The van der Waals surface area contributed by atoms with Crippen LogP contribution in [0.4, 0.5) is 0 Å². The molecule has 0 atom stereocenters. The second-order valence-electron chi connectivity index (χ2n) is 4.84. The van der Waals surface area contributed by atoms with Crippen molar-refractivity contribution in [3.05, 3.63) is 53.9 Å². The Labute approximate surface area is 126 Å². The maximum absolute atomic E-state index is 12.0. The van der Waals surface area contributed by atoms with Crippen LogP contribution in [0.3, 0.4) is 0 Å². The number of hydrogen-bond donors (Lipinski definition) is 1. The zero-order valence-corrected chi connectivity index (χ0v) is 12.3. The van der Waals surface area contributed by atoms with Gasteiger partial charge in [0.2, 0.25) is 0 Å². The smallest absolute Gasteiger partial charge is 0.272 e. The van der Waals surface area contributed by atoms with Crippen molar-refractivity contribution in [1.82, 2.24) is 35.1 Å². The molecule has 0 bridgehead atoms. The summed E-state index contributed by atoms with van der Waals surface area (Å²) in [4.78, 5) is 16.0. The number of carbonyl (C=O) groups excluding carboxylic acids is 1. The normalized spacial score (nSPS) is 10.6. The Bertz CT molecular complexity index is 771. The molecule has 22 heavy (non-hydrogen) atoms. The van der Waals surface area contributed by atoms with Crippen LogP contribution in [0.2, 0.25) is 0 Å². The molecule has 112 valence electrons. The highest BCUT2D eigenvalue weighted by atomic mass is 16.1. The molecule has 0 unspecified atom stereocenters. The van der Waals surface area contributed by atoms with Crippen LogP contribution in [0.1, 0.15) is 21.9 Å². The van der Waals surface area contributed by atoms with Crippen LogP contribution in [-0.4, -0.2) is 35.7 Å². The van der Waals surface area contributed by atoms with Gasteiger partial charge in [-0.25, -0.2) is 4.68 Å². The lowest BCUT2D eigenvalue weighted by Gasteiger charge is -1.99. The molecule has 0 saturated heterocycles. The molecule has 3 aromatic rings. The lowest BCUT2D eigenvalue weighted by atomic mass is 10.3. The highest BCUT2D eigenvalue weighted by molar-refractivity contribution is 5.92. The fourth-order valence-corrected chi connectivity index (χ4v) is 1.93. The number of nitrogens with one attached hydrogen (secondary N) is 1. The number of aromatic nitrogens is 6. The summed E-state index contributed by atoms with van der Waals surface area (Å²) in [7, 11) is 1.80. The Hall–Kier alpha value is -3.03. The molecule has 1 N–H and O–H groups in total. The first-order valence-electron chi connectivity index (χ1n) is 6.74. The van der Waals surface area contributed by atoms with E-state index >= 15 is 0 Å². The van der Waals surface area contributed by atoms with Crippen LogP contribution in [0.5, 0.6) is 0 Å². The van der Waals surface area contributed by atoms with Gasteiger partial charge < -0.3 is 5.32 Å². The number of amides is 1. The summed E-state index contributed by atoms with van der Waals surface area (Å²) in [5.74, 6) is -0.236. The summed E-state index contributed by atoms with van der Waals surface area (Å²) in [6, 6.07) is 5.43. The second-order valence-corrected chi connectivity index (χ2v) is 4.84. The zero-order chi connectivity index (χ0) is 15.5. The first-order chi connectivity index (χ1) is 10.6. The van der Waals surface area contributed by atoms with Gasteiger partial charge in [-0.15, -0.1) is 5.10 Å². The molecule has 0 fully saturated rings. The minimum atomic E-state index is -0.236. The highest BCUT2D eigenvalue weighted by Gasteiger charge is 2.11. The van der Waals surface area contributed by atoms with E-state index in [1.165, 1.54) is 0 Å². The molecular formula is C14H15N7O. The van der Waals surface area contributed by atoms with E-state index in [2.05, 4.69) is 25.7 Å². The maximum atomic E-state index is 12.0. The standard InChI is InChI=1S/C14H15N7O/c1-10-6-13(18-20(10)2)14(22)16-7-11-9-21(19-17-11)12-4-3-5-15-8-12/h3-6,8-9H,7H2,1-2H3,(H,16,22). The van der Waals surface area contributed by atoms with E-state index in [-0.39, 0.29) is 12.5 Å². The van der Waals surface area contributed by atoms with Crippen molar-refractivity contribution in [3.8, 4) is 5.69 Å². The molecule has 0 radical (unpaired) electrons. The van der Waals surface area contributed by atoms with Gasteiger partial charge in [0.25, 0.3) is 5.91 Å². The van der Waals surface area contributed by atoms with Crippen molar-refractivity contribution in [1.29, 1.82) is 0 Å². The van der Waals surface area contributed by atoms with Crippen LogP contribution < -0.4 is 5.32 Å². The van der Waals surface area contributed by atoms with Crippen molar-refractivity contribution in [2.75, 3.05) is 0 Å². The van der Waals surface area contributed by atoms with Gasteiger partial charge in [0, 0.05) is 18.9 Å². The van der Waals surface area contributed by atoms with Crippen LogP contribution in [0.25, 0.3) is 5.69 Å². The molecule has 8 heteroatoms. The van der Waals surface area contributed by atoms with Gasteiger partial charge in [-0.1, -0.05) is 5.21 Å². The predicted octanol–water partition coefficient (Wildman–Crippen LogP) is 0.634. The van der Waals surface area contributed by atoms with Gasteiger partial charge in [-0.3, -0.25) is 14.5 Å². The van der Waals surface area contributed by atoms with E-state index in [1.54, 1.807) is 41.1 Å². The number of rotatable bonds is 4. The van der Waals surface area contributed by atoms with E-state index < -0.39 is 0 Å². The summed E-state index contributed by atoms with van der Waals surface area (Å²) in [5, 5.41) is 14.9. The summed E-state index contributed by atoms with van der Waals surface area (Å²) >= 11 is 0. The molecule has 3 aromatic heterocycles. The van der Waals surface area contributed by atoms with Gasteiger partial charge in [-0.2, -0.15) is 5.10 Å². The summed E-state index contributed by atoms with van der Waals surface area (Å²) in [6.45, 7) is 2.18. The first kappa shape index (κ1) is 13.9. The van der Waals surface area contributed by atoms with E-state index in [9.17, 15) is 4.79 Å².